The molecule has 1 rings (SSSR count). The number of aliphatic hydroxyl groups excluding tert-OH is 3. The van der Waals surface area contributed by atoms with E-state index >= 15 is 0 Å². The molecule has 0 aromatic rings. The minimum Gasteiger partial charge on any atom is -0.480 e. The molecule has 442 valence electrons. The number of likely N-dealkylation sites (tertiary alicyclic amines) is 1. The van der Waals surface area contributed by atoms with Gasteiger partial charge >= 0.3 is 13.8 Å². The third-order valence-corrected chi connectivity index (χ3v) is 11.9. The molecule has 1 aliphatic rings. The van der Waals surface area contributed by atoms with Crippen LogP contribution in [0.15, 0.2) is 4.99 Å². The van der Waals surface area contributed by atoms with Crippen molar-refractivity contribution in [2.24, 2.45) is 39.6 Å². The van der Waals surface area contributed by atoms with Crippen molar-refractivity contribution in [3.63, 3.8) is 0 Å². The van der Waals surface area contributed by atoms with Gasteiger partial charge in [0.15, 0.2) is 5.96 Å². The van der Waals surface area contributed by atoms with Gasteiger partial charge in [0.1, 0.15) is 54.4 Å². The number of aliphatic hydroxyl groups is 3. The minimum atomic E-state index is -5.46. The summed E-state index contributed by atoms with van der Waals surface area (Å²) in [7, 11) is -5.46. The number of nitrogens with zero attached hydrogens (tertiary/aromatic N) is 2. The van der Waals surface area contributed by atoms with E-state index in [2.05, 4.69) is 41.4 Å². The molecule has 1 saturated heterocycles. The maximum absolute atomic E-state index is 14.1. The van der Waals surface area contributed by atoms with E-state index in [0.717, 1.165) is 18.7 Å². The summed E-state index contributed by atoms with van der Waals surface area (Å²) in [5.74, 6) is -14.8. The number of carboxylic acid groups (broad SMARTS) is 1. The van der Waals surface area contributed by atoms with Gasteiger partial charge in [-0.25, -0.2) is 4.57 Å². The number of nitrogens with one attached hydrogen (secondary N) is 8. The molecule has 1 heterocycles. The van der Waals surface area contributed by atoms with Gasteiger partial charge in [-0.2, -0.15) is 0 Å². The lowest BCUT2D eigenvalue weighted by Gasteiger charge is -2.32. The summed E-state index contributed by atoms with van der Waals surface area (Å²) in [6.45, 7) is 3.35. The number of aliphatic imine (C=N–C) groups is 1. The van der Waals surface area contributed by atoms with Gasteiger partial charge < -0.3 is 106 Å². The first-order chi connectivity index (χ1) is 36.1. The molecule has 0 unspecified atom stereocenters. The molecule has 0 saturated carbocycles. The SMILES string of the molecule is CC(C)[C@H](NC(=O)[C@H](CC(N)=O)NC(=O)[C@@H]1CCCN1C(=O)[C@@H](NC(=O)[C@H](COP(=O)(O)O)NC(=O)[C@@H](NC(=O)[C@H](CO)NC(=O)[C@H](CCCN=C(N)N)NC(=O)[C@@H](N)CCC(N)=O)[C@@H](C)O)[C@@H](C)O)C(=O)N[C@@H](C)C(=O)O. The average molecular weight is 1140 g/mol. The number of aliphatic carboxylic acids is 1. The Bertz CT molecular complexity index is 2250. The minimum absolute atomic E-state index is 0.0355. The van der Waals surface area contributed by atoms with Crippen molar-refractivity contribution >= 4 is 84.7 Å². The predicted octanol–water partition coefficient (Wildman–Crippen LogP) is -10.00. The number of carbonyl (C=O) groups is 12. The molecule has 12 atom stereocenters. The van der Waals surface area contributed by atoms with Crippen LogP contribution in [0.1, 0.15) is 79.6 Å². The lowest BCUT2D eigenvalue weighted by Crippen LogP contribution is -2.63. The number of phosphoric acid groups is 1. The fourth-order valence-corrected chi connectivity index (χ4v) is 7.52. The second-order valence-corrected chi connectivity index (χ2v) is 19.6. The topological polar surface area (TPSA) is 594 Å². The van der Waals surface area contributed by atoms with Crippen molar-refractivity contribution in [3.8, 4) is 0 Å². The fourth-order valence-electron chi connectivity index (χ4n) is 7.18. The first kappa shape index (κ1) is 68.9. The van der Waals surface area contributed by atoms with E-state index in [-0.39, 0.29) is 57.6 Å². The molecule has 35 nitrogen and oxygen atoms in total. The molecule has 36 heteroatoms. The molecule has 0 aromatic carbocycles. The highest BCUT2D eigenvalue weighted by molar-refractivity contribution is 7.46. The number of hydrogen-bond acceptors (Lipinski definition) is 19. The lowest BCUT2D eigenvalue weighted by atomic mass is 10.0. The van der Waals surface area contributed by atoms with E-state index in [1.807, 2.05) is 10.6 Å². The summed E-state index contributed by atoms with van der Waals surface area (Å²) in [4.78, 5) is 180. The smallest absolute Gasteiger partial charge is 0.469 e. The Balaban J connectivity index is 3.41. The molecule has 78 heavy (non-hydrogen) atoms. The van der Waals surface area contributed by atoms with Crippen LogP contribution in [0.2, 0.25) is 0 Å². The number of primary amides is 2. The number of nitrogens with two attached hydrogens (primary N) is 5. The number of amides is 11. The first-order valence-electron chi connectivity index (χ1n) is 24.1. The maximum atomic E-state index is 14.1. The van der Waals surface area contributed by atoms with Crippen molar-refractivity contribution in [2.45, 2.75) is 152 Å². The van der Waals surface area contributed by atoms with Crippen molar-refractivity contribution in [3.05, 3.63) is 0 Å². The van der Waals surface area contributed by atoms with Crippen LogP contribution < -0.4 is 71.2 Å². The maximum Gasteiger partial charge on any atom is 0.469 e. The van der Waals surface area contributed by atoms with E-state index < -0.39 is 177 Å². The number of phosphoric ester groups is 1. The monoisotopic (exact) mass is 1140 g/mol. The van der Waals surface area contributed by atoms with Gasteiger partial charge in [0.2, 0.25) is 65.0 Å². The zero-order chi connectivity index (χ0) is 59.9. The van der Waals surface area contributed by atoms with Crippen molar-refractivity contribution in [1.82, 2.24) is 47.4 Å². The molecule has 11 amide bonds. The second-order valence-electron chi connectivity index (χ2n) is 18.4. The quantitative estimate of drug-likeness (QED) is 0.0123. The number of hydrogen-bond donors (Lipinski definition) is 19. The first-order valence-corrected chi connectivity index (χ1v) is 25.7. The molecule has 24 N–H and O–H groups in total. The standard InChI is InChI=1S/C42H74N15O20P/c1-17(2)29(38(69)49-18(3)41(72)73)54-34(65)23(14-28(45)62)51-37(68)26-9-7-13-57(26)40(71)31(20(5)60)56-36(67)25(16-77-78(74,75)76)53-39(70)30(19(4)59)55-35(66)24(15-58)52-33(64)22(8-6-12-48-42(46)47)50-32(63)21(43)10-11-27(44)61/h17-26,29-31,58-60H,6-16,43H2,1-5H3,(H2,44,61)(H2,45,62)(H,49,69)(H,50,63)(H,51,68)(H,52,64)(H,53,70)(H,54,65)(H,55,66)(H,56,67)(H,72,73)(H4,46,47,48)(H2,74,75,76)/t18-,19+,20+,21-,22-,23-,24-,25-,26-,29-,30-,31-/m0/s1. The van der Waals surface area contributed by atoms with Gasteiger partial charge in [0, 0.05) is 19.5 Å². The molecule has 0 radical (unpaired) electrons. The average Bonchev–Trinajstić information content (AvgIpc) is 3.83. The van der Waals surface area contributed by atoms with E-state index in [0.29, 0.717) is 0 Å². The summed E-state index contributed by atoms with van der Waals surface area (Å²) in [5, 5.41) is 58.2. The van der Waals surface area contributed by atoms with E-state index in [9.17, 15) is 92.3 Å². The van der Waals surface area contributed by atoms with Crippen molar-refractivity contribution < 1.29 is 96.8 Å². The third-order valence-electron chi connectivity index (χ3n) is 11.4. The number of rotatable bonds is 34. The lowest BCUT2D eigenvalue weighted by molar-refractivity contribution is -0.145. The van der Waals surface area contributed by atoms with Gasteiger partial charge in [0.05, 0.1) is 37.9 Å². The number of carboxylic acids is 1. The van der Waals surface area contributed by atoms with E-state index in [1.165, 1.54) is 20.8 Å². The Kier molecular flexibility index (Phi) is 28.8. The van der Waals surface area contributed by atoms with Gasteiger partial charge in [0.25, 0.3) is 0 Å². The van der Waals surface area contributed by atoms with Crippen LogP contribution in [-0.4, -0.2) is 211 Å². The van der Waals surface area contributed by atoms with Gasteiger partial charge in [-0.15, -0.1) is 0 Å². The molecule has 0 spiro atoms. The van der Waals surface area contributed by atoms with E-state index in [4.69, 9.17) is 28.7 Å². The molecule has 0 bridgehead atoms. The summed E-state index contributed by atoms with van der Waals surface area (Å²) < 4.78 is 16.2. The van der Waals surface area contributed by atoms with Crippen LogP contribution in [-0.2, 0) is 66.6 Å². The van der Waals surface area contributed by atoms with Crippen LogP contribution >= 0.6 is 7.82 Å². The Morgan fingerprint density at radius 3 is 1.68 bits per heavy atom. The number of guanidine groups is 1. The largest absolute Gasteiger partial charge is 0.480 e. The van der Waals surface area contributed by atoms with Crippen LogP contribution in [0.4, 0.5) is 0 Å². The zero-order valence-electron chi connectivity index (χ0n) is 43.4. The summed E-state index contributed by atoms with van der Waals surface area (Å²) >= 11 is 0. The van der Waals surface area contributed by atoms with Gasteiger partial charge in [-0.3, -0.25) is 67.1 Å². The molecule has 1 fully saturated rings. The van der Waals surface area contributed by atoms with Gasteiger partial charge in [-0.1, -0.05) is 13.8 Å². The summed E-state index contributed by atoms with van der Waals surface area (Å²) in [5.41, 5.74) is 26.9. The second kappa shape index (κ2) is 32.6. The number of carbonyl (C=O) groups excluding carboxylic acids is 11. The Morgan fingerprint density at radius 2 is 1.17 bits per heavy atom. The summed E-state index contributed by atoms with van der Waals surface area (Å²) in [6, 6.07) is -17.1. The van der Waals surface area contributed by atoms with Crippen LogP contribution in [0.5, 0.6) is 0 Å². The summed E-state index contributed by atoms with van der Waals surface area (Å²) in [6.07, 6.45) is -5.15. The highest BCUT2D eigenvalue weighted by Gasteiger charge is 2.42. The molecular formula is C42H74N15O20P. The predicted molar refractivity (Wildman–Crippen MR) is 267 cm³/mol. The van der Waals surface area contributed by atoms with Crippen LogP contribution in [0.3, 0.4) is 0 Å². The molecule has 0 aromatic heterocycles. The highest BCUT2D eigenvalue weighted by atomic mass is 31.2. The molecule has 0 aliphatic carbocycles. The highest BCUT2D eigenvalue weighted by Crippen LogP contribution is 2.35. The Labute approximate surface area is 446 Å². The van der Waals surface area contributed by atoms with Crippen LogP contribution in [0.25, 0.3) is 0 Å². The van der Waals surface area contributed by atoms with E-state index in [1.54, 1.807) is 0 Å². The normalized spacial score (nSPS) is 17.5. The molecular weight excluding hydrogens is 1070 g/mol. The zero-order valence-corrected chi connectivity index (χ0v) is 44.3. The van der Waals surface area contributed by atoms with Crippen LogP contribution in [0, 0.1) is 5.92 Å². The van der Waals surface area contributed by atoms with Crippen molar-refractivity contribution in [2.75, 3.05) is 26.3 Å². The Hall–Kier alpha value is -7.14. The fraction of sp³-hybridized carbons (Fsp3) is 0.690. The molecule has 1 aliphatic heterocycles. The third kappa shape index (κ3) is 24.0. The Morgan fingerprint density at radius 1 is 0.654 bits per heavy atom. The van der Waals surface area contributed by atoms with Gasteiger partial charge in [-0.05, 0) is 58.8 Å². The van der Waals surface area contributed by atoms with Crippen molar-refractivity contribution in [1.29, 1.82) is 0 Å².